The highest BCUT2D eigenvalue weighted by molar-refractivity contribution is 6.30. The summed E-state index contributed by atoms with van der Waals surface area (Å²) in [5.41, 5.74) is 3.05. The molecule has 1 aromatic heterocycles. The maximum atomic E-state index is 13.3. The third-order valence-electron chi connectivity index (χ3n) is 6.07. The van der Waals surface area contributed by atoms with E-state index in [0.717, 1.165) is 36.4 Å². The van der Waals surface area contributed by atoms with Crippen molar-refractivity contribution in [3.63, 3.8) is 0 Å². The average molecular weight is 470 g/mol. The summed E-state index contributed by atoms with van der Waals surface area (Å²) in [7, 11) is 4.69. The lowest BCUT2D eigenvalue weighted by molar-refractivity contribution is 0.0748. The normalized spacial score (nSPS) is 16.2. The van der Waals surface area contributed by atoms with E-state index >= 15 is 0 Å². The second-order valence-electron chi connectivity index (χ2n) is 8.08. The Morgan fingerprint density at radius 3 is 2.36 bits per heavy atom. The molecule has 4 rings (SSSR count). The van der Waals surface area contributed by atoms with Crippen molar-refractivity contribution in [1.82, 2.24) is 15.1 Å². The highest BCUT2D eigenvalue weighted by Crippen LogP contribution is 2.41. The molecule has 1 amide bonds. The number of ether oxygens (including phenoxy) is 3. The number of likely N-dealkylation sites (tertiary alicyclic amines) is 1. The molecule has 174 valence electrons. The number of carbonyl (C=O) groups excluding carboxylic acids is 1. The summed E-state index contributed by atoms with van der Waals surface area (Å²) in [6.07, 6.45) is 3.10. The van der Waals surface area contributed by atoms with Crippen molar-refractivity contribution in [3.05, 3.63) is 58.7 Å². The molecule has 1 unspecified atom stereocenters. The number of methoxy groups -OCH3 is 3. The Morgan fingerprint density at radius 1 is 1.03 bits per heavy atom. The number of hydrogen-bond donors (Lipinski definition) is 1. The zero-order chi connectivity index (χ0) is 23.4. The topological polar surface area (TPSA) is 76.7 Å². The molecule has 0 bridgehead atoms. The van der Waals surface area contributed by atoms with Crippen LogP contribution in [0.3, 0.4) is 0 Å². The highest BCUT2D eigenvalue weighted by atomic mass is 35.5. The van der Waals surface area contributed by atoms with E-state index in [-0.39, 0.29) is 11.8 Å². The molecule has 33 heavy (non-hydrogen) atoms. The Bertz CT molecular complexity index is 1090. The first-order valence-electron chi connectivity index (χ1n) is 10.9. The zero-order valence-corrected chi connectivity index (χ0v) is 19.8. The van der Waals surface area contributed by atoms with Crippen molar-refractivity contribution < 1.29 is 19.0 Å². The minimum absolute atomic E-state index is 0.0537. The number of nitrogens with zero attached hydrogens (tertiary/aromatic N) is 2. The lowest BCUT2D eigenvalue weighted by atomic mass is 9.94. The Hall–Kier alpha value is -3.19. The van der Waals surface area contributed by atoms with Crippen molar-refractivity contribution in [2.24, 2.45) is 0 Å². The summed E-state index contributed by atoms with van der Waals surface area (Å²) in [4.78, 5) is 15.3. The van der Waals surface area contributed by atoms with Gasteiger partial charge in [-0.2, -0.15) is 5.10 Å². The van der Waals surface area contributed by atoms with Gasteiger partial charge in [0.15, 0.2) is 11.5 Å². The van der Waals surface area contributed by atoms with Crippen molar-refractivity contribution in [1.29, 1.82) is 0 Å². The fraction of sp³-hybridized carbons (Fsp3) is 0.360. The molecule has 1 aliphatic heterocycles. The molecule has 0 radical (unpaired) electrons. The minimum atomic E-state index is -0.0537. The van der Waals surface area contributed by atoms with Crippen LogP contribution in [0.25, 0.3) is 11.3 Å². The van der Waals surface area contributed by atoms with E-state index in [1.807, 2.05) is 29.2 Å². The molecule has 1 fully saturated rings. The van der Waals surface area contributed by atoms with Gasteiger partial charge in [0.25, 0.3) is 5.91 Å². The third kappa shape index (κ3) is 4.93. The minimum Gasteiger partial charge on any atom is -0.493 e. The van der Waals surface area contributed by atoms with Gasteiger partial charge in [-0.25, -0.2) is 0 Å². The maximum absolute atomic E-state index is 13.3. The Kier molecular flexibility index (Phi) is 7.08. The zero-order valence-electron chi connectivity index (χ0n) is 19.1. The van der Waals surface area contributed by atoms with Gasteiger partial charge in [-0.05, 0) is 48.7 Å². The number of nitrogens with one attached hydrogen (secondary N) is 1. The number of halogens is 1. The molecule has 7 nitrogen and oxygen atoms in total. The molecule has 0 aliphatic carbocycles. The van der Waals surface area contributed by atoms with Gasteiger partial charge in [-0.3, -0.25) is 9.89 Å². The molecule has 1 N–H and O–H groups in total. The van der Waals surface area contributed by atoms with Crippen LogP contribution in [0, 0.1) is 0 Å². The van der Waals surface area contributed by atoms with E-state index in [0.29, 0.717) is 35.2 Å². The first-order chi connectivity index (χ1) is 16.0. The smallest absolute Gasteiger partial charge is 0.271 e. The second kappa shape index (κ2) is 10.2. The van der Waals surface area contributed by atoms with Gasteiger partial charge in [0, 0.05) is 29.6 Å². The van der Waals surface area contributed by atoms with Crippen LogP contribution in [-0.4, -0.2) is 55.4 Å². The number of aromatic amines is 1. The van der Waals surface area contributed by atoms with Crippen LogP contribution in [0.15, 0.2) is 42.5 Å². The Balaban J connectivity index is 1.56. The molecule has 1 aliphatic rings. The predicted octanol–water partition coefficient (Wildman–Crippen LogP) is 5.17. The van der Waals surface area contributed by atoms with Crippen LogP contribution in [0.2, 0.25) is 5.02 Å². The van der Waals surface area contributed by atoms with Crippen LogP contribution >= 0.6 is 11.6 Å². The highest BCUT2D eigenvalue weighted by Gasteiger charge is 2.26. The molecule has 3 aromatic rings. The van der Waals surface area contributed by atoms with Crippen LogP contribution in [0.1, 0.15) is 41.2 Å². The lowest BCUT2D eigenvalue weighted by Gasteiger charge is -2.24. The Labute approximate surface area is 198 Å². The molecular weight excluding hydrogens is 442 g/mol. The van der Waals surface area contributed by atoms with Crippen molar-refractivity contribution in [3.8, 4) is 28.5 Å². The standard InChI is InChI=1S/C25H28ClN3O4/c1-31-22-12-18(13-23(32-2)24(22)33-3)20-14-21(28-27-20)25(30)29-11-5-4-6-17(15-29)16-7-9-19(26)10-8-16/h7-10,12-14,17H,4-6,11,15H2,1-3H3,(H,27,28). The third-order valence-corrected chi connectivity index (χ3v) is 6.32. The quantitative estimate of drug-likeness (QED) is 0.539. The van der Waals surface area contributed by atoms with Gasteiger partial charge in [0.05, 0.1) is 27.0 Å². The lowest BCUT2D eigenvalue weighted by Crippen LogP contribution is -2.34. The molecule has 8 heteroatoms. The number of hydrogen-bond acceptors (Lipinski definition) is 5. The molecule has 1 atom stereocenters. The van der Waals surface area contributed by atoms with Crippen molar-refractivity contribution in [2.45, 2.75) is 25.2 Å². The molecule has 0 spiro atoms. The first kappa shape index (κ1) is 23.0. The summed E-state index contributed by atoms with van der Waals surface area (Å²) in [5, 5.41) is 8.02. The summed E-state index contributed by atoms with van der Waals surface area (Å²) in [6.45, 7) is 1.39. The molecule has 2 aromatic carbocycles. The second-order valence-corrected chi connectivity index (χ2v) is 8.51. The fourth-order valence-electron chi connectivity index (χ4n) is 4.31. The van der Waals surface area contributed by atoms with Crippen LogP contribution < -0.4 is 14.2 Å². The summed E-state index contributed by atoms with van der Waals surface area (Å²) < 4.78 is 16.3. The maximum Gasteiger partial charge on any atom is 0.271 e. The number of carbonyl (C=O) groups is 1. The predicted molar refractivity (Wildman–Crippen MR) is 128 cm³/mol. The summed E-state index contributed by atoms with van der Waals surface area (Å²) >= 11 is 6.05. The molecule has 1 saturated heterocycles. The van der Waals surface area contributed by atoms with Gasteiger partial charge in [0.1, 0.15) is 5.69 Å². The van der Waals surface area contributed by atoms with Crippen molar-refractivity contribution >= 4 is 17.5 Å². The average Bonchev–Trinajstić information content (AvgIpc) is 3.21. The fourth-order valence-corrected chi connectivity index (χ4v) is 4.44. The number of amides is 1. The van der Waals surface area contributed by atoms with Gasteiger partial charge in [0.2, 0.25) is 5.75 Å². The largest absolute Gasteiger partial charge is 0.493 e. The van der Waals surface area contributed by atoms with E-state index in [1.165, 1.54) is 5.56 Å². The molecule has 2 heterocycles. The Morgan fingerprint density at radius 2 is 1.73 bits per heavy atom. The first-order valence-corrected chi connectivity index (χ1v) is 11.3. The van der Waals surface area contributed by atoms with Crippen molar-refractivity contribution in [2.75, 3.05) is 34.4 Å². The van der Waals surface area contributed by atoms with Crippen LogP contribution in [0.5, 0.6) is 17.2 Å². The number of rotatable bonds is 6. The van der Waals surface area contributed by atoms with Crippen LogP contribution in [0.4, 0.5) is 0 Å². The van der Waals surface area contributed by atoms with Gasteiger partial charge >= 0.3 is 0 Å². The van der Waals surface area contributed by atoms with Crippen LogP contribution in [-0.2, 0) is 0 Å². The molecule has 0 saturated carbocycles. The number of H-pyrrole nitrogens is 1. The van der Waals surface area contributed by atoms with E-state index in [2.05, 4.69) is 22.3 Å². The monoisotopic (exact) mass is 469 g/mol. The van der Waals surface area contributed by atoms with Gasteiger partial charge in [-0.1, -0.05) is 30.2 Å². The summed E-state index contributed by atoms with van der Waals surface area (Å²) in [6, 6.07) is 13.3. The van der Waals surface area contributed by atoms with E-state index in [9.17, 15) is 4.79 Å². The van der Waals surface area contributed by atoms with E-state index in [4.69, 9.17) is 25.8 Å². The van der Waals surface area contributed by atoms with E-state index in [1.54, 1.807) is 27.4 Å². The SMILES string of the molecule is COc1cc(-c2cc(C(=O)N3CCCCC(c4ccc(Cl)cc4)C3)[nH]n2)cc(OC)c1OC. The number of aromatic nitrogens is 2. The van der Waals surface area contributed by atoms with Gasteiger partial charge in [-0.15, -0.1) is 0 Å². The molecular formula is C25H28ClN3O4. The summed E-state index contributed by atoms with van der Waals surface area (Å²) in [5.74, 6) is 1.80. The number of benzene rings is 2. The van der Waals surface area contributed by atoms with E-state index < -0.39 is 0 Å². The van der Waals surface area contributed by atoms with Gasteiger partial charge < -0.3 is 19.1 Å².